The first-order chi connectivity index (χ1) is 6.56. The van der Waals surface area contributed by atoms with Crippen molar-refractivity contribution >= 4 is 5.78 Å². The molecule has 0 amide bonds. The van der Waals surface area contributed by atoms with Crippen LogP contribution in [0.4, 0.5) is 0 Å². The molecule has 0 saturated heterocycles. The van der Waals surface area contributed by atoms with Gasteiger partial charge in [-0.15, -0.1) is 0 Å². The number of hydrogen-bond acceptors (Lipinski definition) is 2. The summed E-state index contributed by atoms with van der Waals surface area (Å²) in [5.74, 6) is 0.463. The number of Topliss-reactive ketones (excluding diaryl/α,β-unsaturated/α-hetero) is 1. The van der Waals surface area contributed by atoms with E-state index in [0.29, 0.717) is 5.92 Å². The number of aryl methyl sites for hydroxylation is 1. The lowest BCUT2D eigenvalue weighted by Gasteiger charge is -2.09. The number of benzene rings is 1. The molecule has 0 atom stereocenters. The van der Waals surface area contributed by atoms with E-state index in [4.69, 9.17) is 5.73 Å². The van der Waals surface area contributed by atoms with Crippen molar-refractivity contribution in [2.45, 2.75) is 26.7 Å². The monoisotopic (exact) mass is 191 g/mol. The summed E-state index contributed by atoms with van der Waals surface area (Å²) < 4.78 is 0. The Bertz CT molecular complexity index is 342. The standard InChI is InChI=1S/C12H17NO/c1-8(2)10-5-4-9(3)11(6-10)12(14)7-13/h4-6,8H,7,13H2,1-3H3. The zero-order valence-electron chi connectivity index (χ0n) is 9.00. The second kappa shape index (κ2) is 4.38. The number of carbonyl (C=O) groups is 1. The molecule has 0 aliphatic carbocycles. The first kappa shape index (κ1) is 10.9. The van der Waals surface area contributed by atoms with Crippen molar-refractivity contribution in [3.8, 4) is 0 Å². The van der Waals surface area contributed by atoms with Gasteiger partial charge in [-0.2, -0.15) is 0 Å². The molecule has 0 heterocycles. The number of ketones is 1. The van der Waals surface area contributed by atoms with Crippen LogP contribution in [-0.4, -0.2) is 12.3 Å². The summed E-state index contributed by atoms with van der Waals surface area (Å²) in [6.07, 6.45) is 0. The maximum absolute atomic E-state index is 11.5. The van der Waals surface area contributed by atoms with Crippen LogP contribution < -0.4 is 5.73 Å². The van der Waals surface area contributed by atoms with E-state index >= 15 is 0 Å². The maximum atomic E-state index is 11.5. The van der Waals surface area contributed by atoms with Crippen LogP contribution in [-0.2, 0) is 0 Å². The summed E-state index contributed by atoms with van der Waals surface area (Å²) in [6.45, 7) is 6.25. The Labute approximate surface area is 85.1 Å². The SMILES string of the molecule is Cc1ccc(C(C)C)cc1C(=O)CN. The molecule has 1 aromatic rings. The van der Waals surface area contributed by atoms with Crippen molar-refractivity contribution in [1.82, 2.24) is 0 Å². The topological polar surface area (TPSA) is 43.1 Å². The lowest BCUT2D eigenvalue weighted by atomic mass is 9.96. The molecular formula is C12H17NO. The van der Waals surface area contributed by atoms with Crippen molar-refractivity contribution in [2.75, 3.05) is 6.54 Å². The Morgan fingerprint density at radius 2 is 2.07 bits per heavy atom. The van der Waals surface area contributed by atoms with Crippen LogP contribution in [0, 0.1) is 6.92 Å². The summed E-state index contributed by atoms with van der Waals surface area (Å²) >= 11 is 0. The molecule has 2 N–H and O–H groups in total. The predicted octanol–water partition coefficient (Wildman–Crippen LogP) is 2.26. The maximum Gasteiger partial charge on any atom is 0.176 e. The van der Waals surface area contributed by atoms with Gasteiger partial charge in [-0.1, -0.05) is 26.0 Å². The summed E-state index contributed by atoms with van der Waals surface area (Å²) in [6, 6.07) is 6.00. The molecule has 0 unspecified atom stereocenters. The molecule has 14 heavy (non-hydrogen) atoms. The van der Waals surface area contributed by atoms with E-state index < -0.39 is 0 Å². The number of rotatable bonds is 3. The second-order valence-electron chi connectivity index (χ2n) is 3.86. The van der Waals surface area contributed by atoms with E-state index in [9.17, 15) is 4.79 Å². The van der Waals surface area contributed by atoms with E-state index in [1.165, 1.54) is 5.56 Å². The summed E-state index contributed by atoms with van der Waals surface area (Å²) in [5, 5.41) is 0. The minimum absolute atomic E-state index is 0.0185. The van der Waals surface area contributed by atoms with Crippen molar-refractivity contribution in [3.05, 3.63) is 34.9 Å². The minimum Gasteiger partial charge on any atom is -0.324 e. The summed E-state index contributed by atoms with van der Waals surface area (Å²) in [7, 11) is 0. The molecular weight excluding hydrogens is 174 g/mol. The van der Waals surface area contributed by atoms with Crippen molar-refractivity contribution in [3.63, 3.8) is 0 Å². The van der Waals surface area contributed by atoms with E-state index in [2.05, 4.69) is 19.9 Å². The molecule has 1 aromatic carbocycles. The molecule has 0 spiro atoms. The van der Waals surface area contributed by atoms with Gasteiger partial charge in [0.05, 0.1) is 6.54 Å². The molecule has 2 heteroatoms. The molecule has 0 aromatic heterocycles. The highest BCUT2D eigenvalue weighted by Gasteiger charge is 2.09. The zero-order valence-corrected chi connectivity index (χ0v) is 9.00. The van der Waals surface area contributed by atoms with Gasteiger partial charge in [0.2, 0.25) is 0 Å². The van der Waals surface area contributed by atoms with Crippen LogP contribution in [0.25, 0.3) is 0 Å². The van der Waals surface area contributed by atoms with Crippen LogP contribution in [0.15, 0.2) is 18.2 Å². The molecule has 76 valence electrons. The molecule has 0 aliphatic rings. The van der Waals surface area contributed by atoms with Gasteiger partial charge < -0.3 is 5.73 Å². The van der Waals surface area contributed by atoms with Crippen molar-refractivity contribution in [2.24, 2.45) is 5.73 Å². The summed E-state index contributed by atoms with van der Waals surface area (Å²) in [5.41, 5.74) is 8.30. The minimum atomic E-state index is 0.0185. The van der Waals surface area contributed by atoms with Crippen molar-refractivity contribution < 1.29 is 4.79 Å². The zero-order chi connectivity index (χ0) is 10.7. The van der Waals surface area contributed by atoms with Crippen molar-refractivity contribution in [1.29, 1.82) is 0 Å². The fourth-order valence-corrected chi connectivity index (χ4v) is 1.41. The molecule has 0 bridgehead atoms. The fraction of sp³-hybridized carbons (Fsp3) is 0.417. The summed E-state index contributed by atoms with van der Waals surface area (Å²) in [4.78, 5) is 11.5. The molecule has 0 aliphatic heterocycles. The van der Waals surface area contributed by atoms with Crippen LogP contribution in [0.3, 0.4) is 0 Å². The van der Waals surface area contributed by atoms with Gasteiger partial charge >= 0.3 is 0 Å². The fourth-order valence-electron chi connectivity index (χ4n) is 1.41. The van der Waals surface area contributed by atoms with Crippen LogP contribution in [0.1, 0.15) is 41.3 Å². The molecule has 0 radical (unpaired) electrons. The lowest BCUT2D eigenvalue weighted by Crippen LogP contribution is -2.15. The molecule has 2 nitrogen and oxygen atoms in total. The number of nitrogens with two attached hydrogens (primary N) is 1. The third kappa shape index (κ3) is 2.20. The normalized spacial score (nSPS) is 10.6. The quantitative estimate of drug-likeness (QED) is 0.745. The Morgan fingerprint density at radius 3 is 2.57 bits per heavy atom. The Balaban J connectivity index is 3.15. The Morgan fingerprint density at radius 1 is 1.43 bits per heavy atom. The Hall–Kier alpha value is -1.15. The largest absolute Gasteiger partial charge is 0.324 e. The highest BCUT2D eigenvalue weighted by Crippen LogP contribution is 2.18. The lowest BCUT2D eigenvalue weighted by molar-refractivity contribution is 0.100. The first-order valence-electron chi connectivity index (χ1n) is 4.90. The highest BCUT2D eigenvalue weighted by molar-refractivity contribution is 5.98. The van der Waals surface area contributed by atoms with Crippen LogP contribution in [0.2, 0.25) is 0 Å². The van der Waals surface area contributed by atoms with Gasteiger partial charge in [0.15, 0.2) is 5.78 Å². The smallest absolute Gasteiger partial charge is 0.176 e. The van der Waals surface area contributed by atoms with E-state index in [0.717, 1.165) is 11.1 Å². The highest BCUT2D eigenvalue weighted by atomic mass is 16.1. The second-order valence-corrected chi connectivity index (χ2v) is 3.86. The molecule has 1 rings (SSSR count). The van der Waals surface area contributed by atoms with Gasteiger partial charge in [0.25, 0.3) is 0 Å². The van der Waals surface area contributed by atoms with E-state index in [-0.39, 0.29) is 12.3 Å². The number of carbonyl (C=O) groups excluding carboxylic acids is 1. The van der Waals surface area contributed by atoms with Gasteiger partial charge in [0.1, 0.15) is 0 Å². The van der Waals surface area contributed by atoms with Gasteiger partial charge in [-0.3, -0.25) is 4.79 Å². The van der Waals surface area contributed by atoms with E-state index in [1.54, 1.807) is 0 Å². The average Bonchev–Trinajstić information content (AvgIpc) is 2.17. The van der Waals surface area contributed by atoms with Gasteiger partial charge in [-0.05, 0) is 30.0 Å². The van der Waals surface area contributed by atoms with Crippen LogP contribution in [0.5, 0.6) is 0 Å². The first-order valence-corrected chi connectivity index (χ1v) is 4.90. The van der Waals surface area contributed by atoms with Crippen LogP contribution >= 0.6 is 0 Å². The molecule has 0 fully saturated rings. The van der Waals surface area contributed by atoms with Gasteiger partial charge in [-0.25, -0.2) is 0 Å². The van der Waals surface area contributed by atoms with Gasteiger partial charge in [0, 0.05) is 5.56 Å². The average molecular weight is 191 g/mol. The molecule has 0 saturated carbocycles. The van der Waals surface area contributed by atoms with E-state index in [1.807, 2.05) is 19.1 Å². The third-order valence-corrected chi connectivity index (χ3v) is 2.41. The Kier molecular flexibility index (Phi) is 3.42. The number of hydrogen-bond donors (Lipinski definition) is 1. The predicted molar refractivity (Wildman–Crippen MR) is 58.7 cm³/mol. The third-order valence-electron chi connectivity index (χ3n) is 2.41.